The van der Waals surface area contributed by atoms with E-state index in [-0.39, 0.29) is 18.0 Å². The number of carbonyl (C=O) groups is 2. The van der Waals surface area contributed by atoms with Gasteiger partial charge in [-0.1, -0.05) is 0 Å². The van der Waals surface area contributed by atoms with Gasteiger partial charge in [-0.15, -0.1) is 0 Å². The third-order valence-corrected chi connectivity index (χ3v) is 3.70. The molecule has 0 aliphatic carbocycles. The summed E-state index contributed by atoms with van der Waals surface area (Å²) in [7, 11) is 1.37. The quantitative estimate of drug-likeness (QED) is 0.727. The van der Waals surface area contributed by atoms with Gasteiger partial charge in [0.05, 0.1) is 26.2 Å². The van der Waals surface area contributed by atoms with Crippen LogP contribution < -0.4 is 5.32 Å². The van der Waals surface area contributed by atoms with Crippen molar-refractivity contribution in [3.05, 3.63) is 0 Å². The average molecular weight is 270 g/mol. The van der Waals surface area contributed by atoms with Crippen LogP contribution in [0.5, 0.6) is 0 Å². The minimum absolute atomic E-state index is 0.0104. The number of rotatable bonds is 3. The molecule has 2 atom stereocenters. The Bertz CT molecular complexity index is 329. The van der Waals surface area contributed by atoms with Crippen LogP contribution >= 0.6 is 0 Å². The van der Waals surface area contributed by atoms with Gasteiger partial charge in [-0.3, -0.25) is 4.79 Å². The predicted molar refractivity (Wildman–Crippen MR) is 68.6 cm³/mol. The van der Waals surface area contributed by atoms with Crippen molar-refractivity contribution >= 4 is 11.9 Å². The molecule has 1 amide bonds. The van der Waals surface area contributed by atoms with E-state index in [9.17, 15) is 9.59 Å². The van der Waals surface area contributed by atoms with Crippen molar-refractivity contribution in [2.75, 3.05) is 33.4 Å². The maximum absolute atomic E-state index is 12.3. The summed E-state index contributed by atoms with van der Waals surface area (Å²) in [6.07, 6.45) is 2.86. The first-order chi connectivity index (χ1) is 9.22. The van der Waals surface area contributed by atoms with Crippen LogP contribution in [-0.2, 0) is 19.1 Å². The molecule has 6 heteroatoms. The number of morpholine rings is 1. The highest BCUT2D eigenvalue weighted by atomic mass is 16.5. The third-order valence-electron chi connectivity index (χ3n) is 3.70. The second-order valence-corrected chi connectivity index (χ2v) is 5.02. The largest absolute Gasteiger partial charge is 0.467 e. The summed E-state index contributed by atoms with van der Waals surface area (Å²) in [5.41, 5.74) is 0. The van der Waals surface area contributed by atoms with Gasteiger partial charge in [-0.2, -0.15) is 0 Å². The fourth-order valence-electron chi connectivity index (χ4n) is 2.67. The molecule has 0 bridgehead atoms. The Morgan fingerprint density at radius 2 is 2.26 bits per heavy atom. The lowest BCUT2D eigenvalue weighted by molar-refractivity contribution is -0.155. The molecule has 0 aromatic heterocycles. The van der Waals surface area contributed by atoms with Crippen LogP contribution in [0.15, 0.2) is 0 Å². The fraction of sp³-hybridized carbons (Fsp3) is 0.846. The lowest BCUT2D eigenvalue weighted by Crippen LogP contribution is -2.50. The summed E-state index contributed by atoms with van der Waals surface area (Å²) in [5, 5.41) is 3.20. The summed E-state index contributed by atoms with van der Waals surface area (Å²) in [5.74, 6) is -0.320. The monoisotopic (exact) mass is 270 g/mol. The topological polar surface area (TPSA) is 67.9 Å². The van der Waals surface area contributed by atoms with E-state index < -0.39 is 6.04 Å². The Kier molecular flexibility index (Phi) is 5.15. The third kappa shape index (κ3) is 3.67. The summed E-state index contributed by atoms with van der Waals surface area (Å²) < 4.78 is 10.3. The van der Waals surface area contributed by atoms with E-state index in [0.717, 1.165) is 19.4 Å². The number of piperidine rings is 1. The molecule has 0 aromatic carbocycles. The fourth-order valence-corrected chi connectivity index (χ4v) is 2.67. The lowest BCUT2D eigenvalue weighted by Gasteiger charge is -2.35. The molecule has 0 spiro atoms. The highest BCUT2D eigenvalue weighted by molar-refractivity contribution is 5.85. The van der Waals surface area contributed by atoms with Crippen LogP contribution in [0.2, 0.25) is 0 Å². The number of hydrogen-bond acceptors (Lipinski definition) is 5. The molecule has 2 unspecified atom stereocenters. The normalized spacial score (nSPS) is 27.9. The molecular weight excluding hydrogens is 248 g/mol. The van der Waals surface area contributed by atoms with Gasteiger partial charge in [-0.25, -0.2) is 4.79 Å². The molecule has 2 rings (SSSR count). The van der Waals surface area contributed by atoms with Crippen molar-refractivity contribution in [1.82, 2.24) is 10.2 Å². The average Bonchev–Trinajstić information content (AvgIpc) is 2.47. The highest BCUT2D eigenvalue weighted by Gasteiger charge is 2.33. The number of carbonyl (C=O) groups excluding carboxylic acids is 2. The zero-order chi connectivity index (χ0) is 13.7. The molecule has 0 saturated carbocycles. The zero-order valence-electron chi connectivity index (χ0n) is 11.4. The van der Waals surface area contributed by atoms with Crippen LogP contribution in [-0.4, -0.2) is 62.3 Å². The van der Waals surface area contributed by atoms with Gasteiger partial charge in [0.2, 0.25) is 5.91 Å². The Morgan fingerprint density at radius 3 is 2.95 bits per heavy atom. The van der Waals surface area contributed by atoms with Crippen LogP contribution in [0.25, 0.3) is 0 Å². The lowest BCUT2D eigenvalue weighted by atomic mass is 10.0. The second kappa shape index (κ2) is 6.86. The van der Waals surface area contributed by atoms with Crippen molar-refractivity contribution in [3.8, 4) is 0 Å². The highest BCUT2D eigenvalue weighted by Crippen LogP contribution is 2.20. The summed E-state index contributed by atoms with van der Waals surface area (Å²) in [6.45, 7) is 2.80. The van der Waals surface area contributed by atoms with Crippen LogP contribution in [0, 0.1) is 0 Å². The summed E-state index contributed by atoms with van der Waals surface area (Å²) in [4.78, 5) is 25.7. The Labute approximate surface area is 113 Å². The van der Waals surface area contributed by atoms with Gasteiger partial charge in [-0.05, 0) is 19.3 Å². The van der Waals surface area contributed by atoms with Crippen molar-refractivity contribution in [2.45, 2.75) is 37.8 Å². The zero-order valence-corrected chi connectivity index (χ0v) is 11.4. The molecule has 1 N–H and O–H groups in total. The van der Waals surface area contributed by atoms with Gasteiger partial charge >= 0.3 is 5.97 Å². The van der Waals surface area contributed by atoms with Crippen molar-refractivity contribution < 1.29 is 19.1 Å². The second-order valence-electron chi connectivity index (χ2n) is 5.02. The number of hydrogen-bond donors (Lipinski definition) is 1. The van der Waals surface area contributed by atoms with Crippen LogP contribution in [0.3, 0.4) is 0 Å². The summed E-state index contributed by atoms with van der Waals surface area (Å²) in [6, 6.07) is -0.414. The van der Waals surface area contributed by atoms with Crippen molar-refractivity contribution in [3.63, 3.8) is 0 Å². The Balaban J connectivity index is 1.92. The van der Waals surface area contributed by atoms with E-state index >= 15 is 0 Å². The van der Waals surface area contributed by atoms with Gasteiger partial charge in [0.25, 0.3) is 0 Å². The molecule has 0 radical (unpaired) electrons. The summed E-state index contributed by atoms with van der Waals surface area (Å²) >= 11 is 0. The molecule has 0 aromatic rings. The number of nitrogens with one attached hydrogen (secondary N) is 1. The van der Waals surface area contributed by atoms with Gasteiger partial charge in [0.15, 0.2) is 0 Å². The first-order valence-electron chi connectivity index (χ1n) is 6.92. The van der Waals surface area contributed by atoms with E-state index in [4.69, 9.17) is 9.47 Å². The van der Waals surface area contributed by atoms with Crippen molar-refractivity contribution in [2.24, 2.45) is 0 Å². The SMILES string of the molecule is COC(=O)C1CCCCN1C(=O)CC1CNCCO1. The van der Waals surface area contributed by atoms with Crippen molar-refractivity contribution in [1.29, 1.82) is 0 Å². The maximum atomic E-state index is 12.3. The van der Waals surface area contributed by atoms with E-state index in [1.54, 1.807) is 4.90 Å². The number of likely N-dealkylation sites (tertiary alicyclic amines) is 1. The number of methoxy groups -OCH3 is 1. The molecule has 108 valence electrons. The molecule has 2 aliphatic rings. The number of esters is 1. The molecule has 2 saturated heterocycles. The van der Waals surface area contributed by atoms with Gasteiger partial charge in [0, 0.05) is 19.6 Å². The van der Waals surface area contributed by atoms with Gasteiger partial charge in [0.1, 0.15) is 6.04 Å². The molecule has 6 nitrogen and oxygen atoms in total. The molecule has 2 heterocycles. The molecule has 2 fully saturated rings. The Hall–Kier alpha value is -1.14. The Morgan fingerprint density at radius 1 is 1.42 bits per heavy atom. The minimum atomic E-state index is -0.414. The van der Waals surface area contributed by atoms with Crippen LogP contribution in [0.1, 0.15) is 25.7 Å². The maximum Gasteiger partial charge on any atom is 0.328 e. The number of ether oxygens (including phenoxy) is 2. The number of amides is 1. The van der Waals surface area contributed by atoms with E-state index in [2.05, 4.69) is 5.32 Å². The van der Waals surface area contributed by atoms with Gasteiger partial charge < -0.3 is 19.7 Å². The molecule has 2 aliphatic heterocycles. The van der Waals surface area contributed by atoms with E-state index in [1.165, 1.54) is 7.11 Å². The first kappa shape index (κ1) is 14.3. The predicted octanol–water partition coefficient (Wildman–Crippen LogP) is -0.0810. The molecular formula is C13H22N2O4. The standard InChI is InChI=1S/C13H22N2O4/c1-18-13(17)11-4-2-3-6-15(11)12(16)8-10-9-14-5-7-19-10/h10-11,14H,2-9H2,1H3. The molecule has 19 heavy (non-hydrogen) atoms. The van der Waals surface area contributed by atoms with E-state index in [0.29, 0.717) is 32.5 Å². The van der Waals surface area contributed by atoms with Crippen LogP contribution in [0.4, 0.5) is 0 Å². The minimum Gasteiger partial charge on any atom is -0.467 e. The van der Waals surface area contributed by atoms with E-state index in [1.807, 2.05) is 0 Å². The first-order valence-corrected chi connectivity index (χ1v) is 6.92. The smallest absolute Gasteiger partial charge is 0.328 e. The number of nitrogens with zero attached hydrogens (tertiary/aromatic N) is 1.